The lowest BCUT2D eigenvalue weighted by Gasteiger charge is -2.09. The highest BCUT2D eigenvalue weighted by molar-refractivity contribution is 6.31. The van der Waals surface area contributed by atoms with Gasteiger partial charge in [0.25, 0.3) is 0 Å². The largest absolute Gasteiger partial charge is 0.378 e. The Labute approximate surface area is 109 Å². The standard InChI is InChI=1S/C13H11ClF2N2/c1-8-4-12(13(14)18-6-8)17-7-9-5-10(15)2-3-11(9)16/h2-6,17H,7H2,1H3. The topological polar surface area (TPSA) is 24.9 Å². The van der Waals surface area contributed by atoms with Crippen LogP contribution in [-0.4, -0.2) is 4.98 Å². The average Bonchev–Trinajstić information content (AvgIpc) is 2.34. The average molecular weight is 269 g/mol. The van der Waals surface area contributed by atoms with Crippen molar-refractivity contribution in [1.29, 1.82) is 0 Å². The molecule has 5 heteroatoms. The number of anilines is 1. The van der Waals surface area contributed by atoms with Gasteiger partial charge in [0.1, 0.15) is 11.6 Å². The summed E-state index contributed by atoms with van der Waals surface area (Å²) in [5.41, 5.74) is 1.77. The van der Waals surface area contributed by atoms with Gasteiger partial charge in [-0.05, 0) is 36.8 Å². The summed E-state index contributed by atoms with van der Waals surface area (Å²) < 4.78 is 26.4. The van der Waals surface area contributed by atoms with Crippen LogP contribution < -0.4 is 5.32 Å². The van der Waals surface area contributed by atoms with Gasteiger partial charge in [0.2, 0.25) is 0 Å². The predicted molar refractivity (Wildman–Crippen MR) is 67.7 cm³/mol. The van der Waals surface area contributed by atoms with Crippen molar-refractivity contribution in [1.82, 2.24) is 4.98 Å². The first-order valence-electron chi connectivity index (χ1n) is 5.36. The van der Waals surface area contributed by atoms with Gasteiger partial charge in [0.05, 0.1) is 5.69 Å². The number of pyridine rings is 1. The molecule has 0 spiro atoms. The first kappa shape index (κ1) is 12.8. The highest BCUT2D eigenvalue weighted by Crippen LogP contribution is 2.21. The SMILES string of the molecule is Cc1cnc(Cl)c(NCc2cc(F)ccc2F)c1. The Hall–Kier alpha value is -1.68. The quantitative estimate of drug-likeness (QED) is 0.853. The fourth-order valence-electron chi connectivity index (χ4n) is 1.55. The molecule has 0 saturated heterocycles. The van der Waals surface area contributed by atoms with E-state index in [-0.39, 0.29) is 12.1 Å². The van der Waals surface area contributed by atoms with Crippen LogP contribution in [0, 0.1) is 18.6 Å². The lowest BCUT2D eigenvalue weighted by molar-refractivity contribution is 0.587. The van der Waals surface area contributed by atoms with E-state index in [0.717, 1.165) is 23.8 Å². The molecule has 0 atom stereocenters. The van der Waals surface area contributed by atoms with Crippen LogP contribution in [0.5, 0.6) is 0 Å². The van der Waals surface area contributed by atoms with E-state index in [4.69, 9.17) is 11.6 Å². The normalized spacial score (nSPS) is 10.4. The van der Waals surface area contributed by atoms with Crippen molar-refractivity contribution in [2.45, 2.75) is 13.5 Å². The van der Waals surface area contributed by atoms with Crippen molar-refractivity contribution in [2.24, 2.45) is 0 Å². The van der Waals surface area contributed by atoms with Gasteiger partial charge in [-0.25, -0.2) is 13.8 Å². The maximum Gasteiger partial charge on any atom is 0.152 e. The van der Waals surface area contributed by atoms with Crippen LogP contribution in [0.15, 0.2) is 30.5 Å². The number of hydrogen-bond acceptors (Lipinski definition) is 2. The fraction of sp³-hybridized carbons (Fsp3) is 0.154. The molecule has 0 aliphatic rings. The monoisotopic (exact) mass is 268 g/mol. The maximum atomic E-state index is 13.4. The van der Waals surface area contributed by atoms with E-state index in [0.29, 0.717) is 10.8 Å². The molecular weight excluding hydrogens is 258 g/mol. The van der Waals surface area contributed by atoms with Crippen molar-refractivity contribution in [3.63, 3.8) is 0 Å². The molecule has 0 bridgehead atoms. The number of rotatable bonds is 3. The third-order valence-corrected chi connectivity index (χ3v) is 2.75. The summed E-state index contributed by atoms with van der Waals surface area (Å²) in [7, 11) is 0. The van der Waals surface area contributed by atoms with Crippen LogP contribution >= 0.6 is 11.6 Å². The Bertz CT molecular complexity index is 521. The molecule has 0 aliphatic carbocycles. The van der Waals surface area contributed by atoms with E-state index < -0.39 is 11.6 Å². The fourth-order valence-corrected chi connectivity index (χ4v) is 1.72. The van der Waals surface area contributed by atoms with Gasteiger partial charge in [-0.3, -0.25) is 0 Å². The Kier molecular flexibility index (Phi) is 3.77. The molecule has 18 heavy (non-hydrogen) atoms. The van der Waals surface area contributed by atoms with Crippen LogP contribution in [0.4, 0.5) is 14.5 Å². The molecule has 1 aromatic heterocycles. The van der Waals surface area contributed by atoms with Gasteiger partial charge in [0, 0.05) is 18.3 Å². The summed E-state index contributed by atoms with van der Waals surface area (Å²) >= 11 is 5.89. The van der Waals surface area contributed by atoms with Crippen molar-refractivity contribution >= 4 is 17.3 Å². The molecular formula is C13H11ClF2N2. The molecule has 0 aliphatic heterocycles. The minimum absolute atomic E-state index is 0.147. The molecule has 1 N–H and O–H groups in total. The second kappa shape index (κ2) is 5.31. The van der Waals surface area contributed by atoms with Gasteiger partial charge in [0.15, 0.2) is 5.15 Å². The van der Waals surface area contributed by atoms with E-state index in [2.05, 4.69) is 10.3 Å². The van der Waals surface area contributed by atoms with Gasteiger partial charge in [-0.1, -0.05) is 11.6 Å². The summed E-state index contributed by atoms with van der Waals surface area (Å²) in [6, 6.07) is 5.13. The Morgan fingerprint density at radius 1 is 1.28 bits per heavy atom. The molecule has 0 amide bonds. The Morgan fingerprint density at radius 2 is 2.06 bits per heavy atom. The number of hydrogen-bond donors (Lipinski definition) is 1. The number of nitrogens with zero attached hydrogens (tertiary/aromatic N) is 1. The molecule has 2 rings (SSSR count). The third kappa shape index (κ3) is 2.96. The smallest absolute Gasteiger partial charge is 0.152 e. The first-order chi connectivity index (χ1) is 8.56. The van der Waals surface area contributed by atoms with Crippen molar-refractivity contribution < 1.29 is 8.78 Å². The minimum atomic E-state index is -0.471. The number of aryl methyl sites for hydroxylation is 1. The van der Waals surface area contributed by atoms with Crippen molar-refractivity contribution in [3.8, 4) is 0 Å². The lowest BCUT2D eigenvalue weighted by atomic mass is 10.2. The van der Waals surface area contributed by atoms with Gasteiger partial charge >= 0.3 is 0 Å². The molecule has 94 valence electrons. The van der Waals surface area contributed by atoms with Crippen molar-refractivity contribution in [3.05, 3.63) is 58.4 Å². The maximum absolute atomic E-state index is 13.4. The lowest BCUT2D eigenvalue weighted by Crippen LogP contribution is -2.03. The molecule has 0 saturated carbocycles. The highest BCUT2D eigenvalue weighted by atomic mass is 35.5. The van der Waals surface area contributed by atoms with Crippen LogP contribution in [0.1, 0.15) is 11.1 Å². The molecule has 0 radical (unpaired) electrons. The molecule has 2 aromatic rings. The minimum Gasteiger partial charge on any atom is -0.378 e. The van der Waals surface area contributed by atoms with E-state index in [1.165, 1.54) is 0 Å². The predicted octanol–water partition coefficient (Wildman–Crippen LogP) is 3.93. The van der Waals surface area contributed by atoms with Gasteiger partial charge in [-0.2, -0.15) is 0 Å². The number of benzene rings is 1. The summed E-state index contributed by atoms with van der Waals surface area (Å²) in [6.45, 7) is 2.02. The summed E-state index contributed by atoms with van der Waals surface area (Å²) in [5.74, 6) is -0.928. The molecule has 1 aromatic carbocycles. The Morgan fingerprint density at radius 3 is 2.83 bits per heavy atom. The summed E-state index contributed by atoms with van der Waals surface area (Å²) in [4.78, 5) is 3.97. The molecule has 0 fully saturated rings. The zero-order valence-electron chi connectivity index (χ0n) is 9.67. The van der Waals surface area contributed by atoms with E-state index in [1.807, 2.05) is 6.92 Å². The van der Waals surface area contributed by atoms with E-state index in [9.17, 15) is 8.78 Å². The zero-order valence-corrected chi connectivity index (χ0v) is 10.4. The first-order valence-corrected chi connectivity index (χ1v) is 5.74. The number of aromatic nitrogens is 1. The van der Waals surface area contributed by atoms with Crippen LogP contribution in [0.25, 0.3) is 0 Å². The van der Waals surface area contributed by atoms with Crippen molar-refractivity contribution in [2.75, 3.05) is 5.32 Å². The van der Waals surface area contributed by atoms with E-state index in [1.54, 1.807) is 12.3 Å². The molecule has 1 heterocycles. The molecule has 2 nitrogen and oxygen atoms in total. The Balaban J connectivity index is 2.16. The van der Waals surface area contributed by atoms with Gasteiger partial charge < -0.3 is 5.32 Å². The second-order valence-electron chi connectivity index (χ2n) is 3.94. The number of halogens is 3. The van der Waals surface area contributed by atoms with E-state index >= 15 is 0 Å². The second-order valence-corrected chi connectivity index (χ2v) is 4.30. The highest BCUT2D eigenvalue weighted by Gasteiger charge is 2.06. The van der Waals surface area contributed by atoms with Crippen LogP contribution in [0.3, 0.4) is 0 Å². The summed E-state index contributed by atoms with van der Waals surface area (Å²) in [5, 5.41) is 3.24. The zero-order chi connectivity index (χ0) is 13.1. The number of nitrogens with one attached hydrogen (secondary N) is 1. The summed E-state index contributed by atoms with van der Waals surface area (Å²) in [6.07, 6.45) is 1.64. The molecule has 0 unspecified atom stereocenters. The van der Waals surface area contributed by atoms with Crippen LogP contribution in [-0.2, 0) is 6.54 Å². The third-order valence-electron chi connectivity index (χ3n) is 2.45. The van der Waals surface area contributed by atoms with Gasteiger partial charge in [-0.15, -0.1) is 0 Å². The van der Waals surface area contributed by atoms with Crippen LogP contribution in [0.2, 0.25) is 5.15 Å².